The largest absolute Gasteiger partial charge is 0.493 e. The summed E-state index contributed by atoms with van der Waals surface area (Å²) in [7, 11) is -0.739. The Kier molecular flexibility index (Phi) is 6.56. The van der Waals surface area contributed by atoms with Crippen LogP contribution >= 0.6 is 0 Å². The van der Waals surface area contributed by atoms with Crippen LogP contribution in [0.15, 0.2) is 77.7 Å². The fourth-order valence-electron chi connectivity index (χ4n) is 3.32. The lowest BCUT2D eigenvalue weighted by Gasteiger charge is -2.20. The second kappa shape index (κ2) is 9.11. The standard InChI is InChI=1S/C23H25NO4S/c1-17-14-21(27-2)22(28-3)15-23(17)29(25,26)24-16-20(18-10-6-4-7-11-18)19-12-8-5-9-13-19/h4-15,20,24H,16H2,1-3H3. The van der Waals surface area contributed by atoms with Gasteiger partial charge in [0.05, 0.1) is 19.1 Å². The summed E-state index contributed by atoms with van der Waals surface area (Å²) in [6.45, 7) is 1.98. The molecule has 0 radical (unpaired) electrons. The van der Waals surface area contributed by atoms with E-state index in [1.54, 1.807) is 13.0 Å². The number of benzene rings is 3. The zero-order valence-corrected chi connectivity index (χ0v) is 17.6. The molecule has 0 fully saturated rings. The van der Waals surface area contributed by atoms with E-state index in [2.05, 4.69) is 4.72 Å². The SMILES string of the molecule is COc1cc(C)c(S(=O)(=O)NCC(c2ccccc2)c2ccccc2)cc1OC. The molecule has 0 unspecified atom stereocenters. The van der Waals surface area contributed by atoms with Crippen LogP contribution in [-0.4, -0.2) is 29.2 Å². The first-order chi connectivity index (χ1) is 14.0. The summed E-state index contributed by atoms with van der Waals surface area (Å²) in [5.41, 5.74) is 2.68. The summed E-state index contributed by atoms with van der Waals surface area (Å²) in [6, 6.07) is 22.9. The van der Waals surface area contributed by atoms with Gasteiger partial charge in [-0.25, -0.2) is 13.1 Å². The van der Waals surface area contributed by atoms with Crippen LogP contribution in [0.3, 0.4) is 0 Å². The average Bonchev–Trinajstić information content (AvgIpc) is 2.75. The molecule has 0 aliphatic heterocycles. The van der Waals surface area contributed by atoms with Crippen LogP contribution in [0.1, 0.15) is 22.6 Å². The quantitative estimate of drug-likeness (QED) is 0.606. The van der Waals surface area contributed by atoms with Crippen molar-refractivity contribution >= 4 is 10.0 Å². The summed E-state index contributed by atoms with van der Waals surface area (Å²) in [6.07, 6.45) is 0. The molecule has 1 N–H and O–H groups in total. The monoisotopic (exact) mass is 411 g/mol. The maximum atomic E-state index is 13.1. The topological polar surface area (TPSA) is 64.6 Å². The van der Waals surface area contributed by atoms with Crippen LogP contribution in [0.2, 0.25) is 0 Å². The summed E-state index contributed by atoms with van der Waals surface area (Å²) >= 11 is 0. The second-order valence-corrected chi connectivity index (χ2v) is 8.43. The van der Waals surface area contributed by atoms with Gasteiger partial charge >= 0.3 is 0 Å². The highest BCUT2D eigenvalue weighted by Gasteiger charge is 2.23. The van der Waals surface area contributed by atoms with E-state index in [1.807, 2.05) is 60.7 Å². The van der Waals surface area contributed by atoms with Crippen LogP contribution in [0.25, 0.3) is 0 Å². The van der Waals surface area contributed by atoms with Crippen molar-refractivity contribution in [1.82, 2.24) is 4.72 Å². The Balaban J connectivity index is 1.91. The van der Waals surface area contributed by atoms with E-state index >= 15 is 0 Å². The molecule has 3 rings (SSSR count). The van der Waals surface area contributed by atoms with Gasteiger partial charge in [0.2, 0.25) is 10.0 Å². The maximum absolute atomic E-state index is 13.1. The predicted molar refractivity (Wildman–Crippen MR) is 114 cm³/mol. The molecule has 152 valence electrons. The molecule has 0 bridgehead atoms. The molecule has 0 aliphatic rings. The van der Waals surface area contributed by atoms with Gasteiger partial charge in [-0.1, -0.05) is 60.7 Å². The fraction of sp³-hybridized carbons (Fsp3) is 0.217. The van der Waals surface area contributed by atoms with Gasteiger partial charge in [-0.3, -0.25) is 0 Å². The maximum Gasteiger partial charge on any atom is 0.240 e. The van der Waals surface area contributed by atoms with Gasteiger partial charge < -0.3 is 9.47 Å². The number of nitrogens with one attached hydrogen (secondary N) is 1. The lowest BCUT2D eigenvalue weighted by Crippen LogP contribution is -2.29. The molecule has 0 atom stereocenters. The molecule has 0 saturated heterocycles. The Morgan fingerprint density at radius 1 is 0.828 bits per heavy atom. The lowest BCUT2D eigenvalue weighted by molar-refractivity contribution is 0.353. The van der Waals surface area contributed by atoms with Crippen molar-refractivity contribution in [2.45, 2.75) is 17.7 Å². The first-order valence-corrected chi connectivity index (χ1v) is 10.8. The number of methoxy groups -OCH3 is 2. The molecule has 5 nitrogen and oxygen atoms in total. The second-order valence-electron chi connectivity index (χ2n) is 6.70. The van der Waals surface area contributed by atoms with Crippen molar-refractivity contribution in [2.75, 3.05) is 20.8 Å². The minimum Gasteiger partial charge on any atom is -0.493 e. The van der Waals surface area contributed by atoms with E-state index in [1.165, 1.54) is 20.3 Å². The third kappa shape index (κ3) is 4.78. The smallest absolute Gasteiger partial charge is 0.240 e. The molecular weight excluding hydrogens is 386 g/mol. The van der Waals surface area contributed by atoms with E-state index in [-0.39, 0.29) is 17.4 Å². The number of aryl methyl sites for hydroxylation is 1. The first kappa shape index (κ1) is 20.9. The Hall–Kier alpha value is -2.83. The molecule has 0 heterocycles. The highest BCUT2D eigenvalue weighted by atomic mass is 32.2. The zero-order valence-electron chi connectivity index (χ0n) is 16.8. The highest BCUT2D eigenvalue weighted by Crippen LogP contribution is 2.32. The van der Waals surface area contributed by atoms with Gasteiger partial charge in [-0.2, -0.15) is 0 Å². The van der Waals surface area contributed by atoms with Gasteiger partial charge in [0.1, 0.15) is 0 Å². The van der Waals surface area contributed by atoms with Crippen molar-refractivity contribution in [1.29, 1.82) is 0 Å². The lowest BCUT2D eigenvalue weighted by atomic mass is 9.92. The minimum absolute atomic E-state index is 0.104. The van der Waals surface area contributed by atoms with Gasteiger partial charge in [-0.15, -0.1) is 0 Å². The molecule has 29 heavy (non-hydrogen) atoms. The highest BCUT2D eigenvalue weighted by molar-refractivity contribution is 7.89. The van der Waals surface area contributed by atoms with E-state index in [4.69, 9.17) is 9.47 Å². The number of hydrogen-bond donors (Lipinski definition) is 1. The third-order valence-electron chi connectivity index (χ3n) is 4.85. The average molecular weight is 412 g/mol. The van der Waals surface area contributed by atoms with Crippen molar-refractivity contribution in [3.63, 3.8) is 0 Å². The van der Waals surface area contributed by atoms with E-state index in [0.29, 0.717) is 17.1 Å². The van der Waals surface area contributed by atoms with Gasteiger partial charge in [0.25, 0.3) is 0 Å². The summed E-state index contributed by atoms with van der Waals surface area (Å²) in [5.74, 6) is 0.768. The number of ether oxygens (including phenoxy) is 2. The molecule has 0 aliphatic carbocycles. The predicted octanol–water partition coefficient (Wildman–Crippen LogP) is 4.12. The molecule has 3 aromatic rings. The summed E-state index contributed by atoms with van der Waals surface area (Å²) < 4.78 is 39.5. The molecule has 0 spiro atoms. The number of sulfonamides is 1. The van der Waals surface area contributed by atoms with Crippen LogP contribution in [-0.2, 0) is 10.0 Å². The molecule has 6 heteroatoms. The Labute approximate surface area is 172 Å². The number of hydrogen-bond acceptors (Lipinski definition) is 4. The summed E-state index contributed by atoms with van der Waals surface area (Å²) in [4.78, 5) is 0.176. The van der Waals surface area contributed by atoms with Crippen LogP contribution in [0, 0.1) is 6.92 Å². The molecule has 0 amide bonds. The van der Waals surface area contributed by atoms with E-state index in [9.17, 15) is 8.42 Å². The van der Waals surface area contributed by atoms with Crippen molar-refractivity contribution in [3.05, 3.63) is 89.5 Å². The Morgan fingerprint density at radius 2 is 1.31 bits per heavy atom. The van der Waals surface area contributed by atoms with Crippen molar-refractivity contribution in [3.8, 4) is 11.5 Å². The molecule has 3 aromatic carbocycles. The summed E-state index contributed by atoms with van der Waals surface area (Å²) in [5, 5.41) is 0. The van der Waals surface area contributed by atoms with Crippen molar-refractivity contribution in [2.24, 2.45) is 0 Å². The van der Waals surface area contributed by atoms with Crippen molar-refractivity contribution < 1.29 is 17.9 Å². The van der Waals surface area contributed by atoms with Gasteiger partial charge in [-0.05, 0) is 29.7 Å². The number of rotatable bonds is 8. The zero-order chi connectivity index (χ0) is 20.9. The Morgan fingerprint density at radius 3 is 1.79 bits per heavy atom. The van der Waals surface area contributed by atoms with Crippen LogP contribution in [0.5, 0.6) is 11.5 Å². The van der Waals surface area contributed by atoms with E-state index in [0.717, 1.165) is 11.1 Å². The fourth-order valence-corrected chi connectivity index (χ4v) is 4.61. The van der Waals surface area contributed by atoms with Gasteiger partial charge in [0, 0.05) is 18.5 Å². The Bertz CT molecular complexity index is 1010. The van der Waals surface area contributed by atoms with E-state index < -0.39 is 10.0 Å². The van der Waals surface area contributed by atoms with Gasteiger partial charge in [0.15, 0.2) is 11.5 Å². The molecule has 0 saturated carbocycles. The minimum atomic E-state index is -3.75. The molecular formula is C23H25NO4S. The first-order valence-electron chi connectivity index (χ1n) is 9.28. The van der Waals surface area contributed by atoms with Crippen LogP contribution in [0.4, 0.5) is 0 Å². The molecule has 0 aromatic heterocycles. The normalized spacial score (nSPS) is 11.4. The van der Waals surface area contributed by atoms with Crippen LogP contribution < -0.4 is 14.2 Å². The third-order valence-corrected chi connectivity index (χ3v) is 6.42.